The number of carbonyl (C=O) groups excluding carboxylic acids is 2. The zero-order chi connectivity index (χ0) is 11.5. The molecule has 88 valence electrons. The van der Waals surface area contributed by atoms with Crippen LogP contribution in [-0.2, 0) is 14.3 Å². The van der Waals surface area contributed by atoms with Crippen molar-refractivity contribution in [2.75, 3.05) is 19.8 Å². The zero-order valence-electron chi connectivity index (χ0n) is 9.67. The van der Waals surface area contributed by atoms with Crippen LogP contribution < -0.4 is 5.32 Å². The van der Waals surface area contributed by atoms with E-state index in [1.807, 2.05) is 0 Å². The Hall–Kier alpha value is -0.900. The maximum atomic E-state index is 11.1. The lowest BCUT2D eigenvalue weighted by atomic mass is 10.2. The molecule has 0 spiro atoms. The Labute approximate surface area is 91.4 Å². The molecule has 0 saturated carbocycles. The summed E-state index contributed by atoms with van der Waals surface area (Å²) in [5.74, 6) is -0.00267. The van der Waals surface area contributed by atoms with Gasteiger partial charge in [-0.1, -0.05) is 6.92 Å². The number of carbonyl (C=O) groups is 2. The first-order valence-corrected chi connectivity index (χ1v) is 5.50. The molecule has 0 aromatic rings. The molecule has 0 heterocycles. The number of Topliss-reactive ketones (excluding diaryl/α,β-unsaturated/α-hetero) is 1. The van der Waals surface area contributed by atoms with Crippen molar-refractivity contribution in [3.63, 3.8) is 0 Å². The molecular weight excluding hydrogens is 194 g/mol. The highest BCUT2D eigenvalue weighted by molar-refractivity contribution is 5.83. The highest BCUT2D eigenvalue weighted by Gasteiger charge is 2.01. The van der Waals surface area contributed by atoms with Gasteiger partial charge in [0.15, 0.2) is 0 Å². The molecule has 0 fully saturated rings. The molecule has 0 aliphatic rings. The normalized spacial score (nSPS) is 10.0. The predicted octanol–water partition coefficient (Wildman–Crippen LogP) is 1.29. The van der Waals surface area contributed by atoms with Crippen molar-refractivity contribution in [2.45, 2.75) is 39.5 Å². The summed E-state index contributed by atoms with van der Waals surface area (Å²) in [6, 6.07) is 0. The van der Waals surface area contributed by atoms with Crippen molar-refractivity contribution < 1.29 is 14.3 Å². The van der Waals surface area contributed by atoms with Crippen molar-refractivity contribution in [3.05, 3.63) is 0 Å². The monoisotopic (exact) mass is 215 g/mol. The van der Waals surface area contributed by atoms with Gasteiger partial charge in [-0.15, -0.1) is 0 Å². The molecule has 4 nitrogen and oxygen atoms in total. The Bertz CT molecular complexity index is 192. The molecule has 1 N–H and O–H groups in total. The summed E-state index contributed by atoms with van der Waals surface area (Å²) in [6.45, 7) is 5.63. The van der Waals surface area contributed by atoms with Gasteiger partial charge in [0, 0.05) is 32.6 Å². The lowest BCUT2D eigenvalue weighted by Crippen LogP contribution is -2.25. The van der Waals surface area contributed by atoms with Crippen LogP contribution in [0.4, 0.5) is 0 Å². The second-order valence-corrected chi connectivity index (χ2v) is 3.52. The number of ether oxygens (including phenoxy) is 1. The average Bonchev–Trinajstić information content (AvgIpc) is 2.20. The Morgan fingerprint density at radius 1 is 1.20 bits per heavy atom. The molecule has 0 rings (SSSR count). The van der Waals surface area contributed by atoms with Crippen molar-refractivity contribution in [1.82, 2.24) is 5.32 Å². The molecule has 0 bridgehead atoms. The predicted molar refractivity (Wildman–Crippen MR) is 58.7 cm³/mol. The first-order valence-electron chi connectivity index (χ1n) is 5.50. The van der Waals surface area contributed by atoms with E-state index in [1.54, 1.807) is 0 Å². The fourth-order valence-electron chi connectivity index (χ4n) is 1.03. The fourth-order valence-corrected chi connectivity index (χ4v) is 1.03. The number of ketones is 1. The highest BCUT2D eigenvalue weighted by atomic mass is 16.5. The summed E-state index contributed by atoms with van der Waals surface area (Å²) < 4.78 is 5.26. The molecule has 0 radical (unpaired) electrons. The first-order chi connectivity index (χ1) is 7.16. The van der Waals surface area contributed by atoms with E-state index in [1.165, 1.54) is 6.92 Å². The molecule has 0 unspecified atom stereocenters. The standard InChI is InChI=1S/C11H21NO3/c1-3-8-15-9-4-7-12-11(14)6-5-10(2)13/h3-9H2,1-2H3,(H,12,14). The van der Waals surface area contributed by atoms with E-state index < -0.39 is 0 Å². The lowest BCUT2D eigenvalue weighted by Gasteiger charge is -2.04. The number of rotatable bonds is 9. The van der Waals surface area contributed by atoms with E-state index in [2.05, 4.69) is 12.2 Å². The van der Waals surface area contributed by atoms with Crippen molar-refractivity contribution in [3.8, 4) is 0 Å². The third kappa shape index (κ3) is 11.0. The van der Waals surface area contributed by atoms with Crippen molar-refractivity contribution in [2.24, 2.45) is 0 Å². The van der Waals surface area contributed by atoms with E-state index in [4.69, 9.17) is 4.74 Å². The number of hydrogen-bond donors (Lipinski definition) is 1. The van der Waals surface area contributed by atoms with Gasteiger partial charge in [0.2, 0.25) is 5.91 Å². The second-order valence-electron chi connectivity index (χ2n) is 3.52. The van der Waals surface area contributed by atoms with Crippen LogP contribution in [-0.4, -0.2) is 31.4 Å². The average molecular weight is 215 g/mol. The van der Waals surface area contributed by atoms with Gasteiger partial charge in [-0.05, 0) is 19.8 Å². The second kappa shape index (κ2) is 9.65. The highest BCUT2D eigenvalue weighted by Crippen LogP contribution is 1.90. The van der Waals surface area contributed by atoms with E-state index in [9.17, 15) is 9.59 Å². The van der Waals surface area contributed by atoms with Gasteiger partial charge >= 0.3 is 0 Å². The van der Waals surface area contributed by atoms with Gasteiger partial charge in [0.1, 0.15) is 5.78 Å². The summed E-state index contributed by atoms with van der Waals surface area (Å²) in [5.41, 5.74) is 0. The minimum absolute atomic E-state index is 0.0522. The zero-order valence-corrected chi connectivity index (χ0v) is 9.67. The summed E-state index contributed by atoms with van der Waals surface area (Å²) in [6.07, 6.45) is 2.47. The first kappa shape index (κ1) is 14.1. The van der Waals surface area contributed by atoms with E-state index in [-0.39, 0.29) is 11.7 Å². The Balaban J connectivity index is 3.20. The molecule has 0 aromatic carbocycles. The molecule has 0 aromatic heterocycles. The van der Waals surface area contributed by atoms with Gasteiger partial charge in [0.25, 0.3) is 0 Å². The number of amides is 1. The lowest BCUT2D eigenvalue weighted by molar-refractivity contribution is -0.124. The molecule has 0 aliphatic heterocycles. The topological polar surface area (TPSA) is 55.4 Å². The van der Waals surface area contributed by atoms with E-state index in [0.29, 0.717) is 26.0 Å². The quantitative estimate of drug-likeness (QED) is 0.590. The molecule has 4 heteroatoms. The van der Waals surface area contributed by atoms with Crippen molar-refractivity contribution in [1.29, 1.82) is 0 Å². The van der Waals surface area contributed by atoms with Gasteiger partial charge in [-0.25, -0.2) is 0 Å². The smallest absolute Gasteiger partial charge is 0.220 e. The van der Waals surface area contributed by atoms with Gasteiger partial charge in [-0.3, -0.25) is 4.79 Å². The van der Waals surface area contributed by atoms with Gasteiger partial charge in [-0.2, -0.15) is 0 Å². The van der Waals surface area contributed by atoms with Crippen molar-refractivity contribution >= 4 is 11.7 Å². The van der Waals surface area contributed by atoms with Crippen LogP contribution in [0.3, 0.4) is 0 Å². The van der Waals surface area contributed by atoms with Crippen LogP contribution in [0, 0.1) is 0 Å². The molecule has 0 aliphatic carbocycles. The molecule has 0 atom stereocenters. The summed E-state index contributed by atoms with van der Waals surface area (Å²) in [7, 11) is 0. The SMILES string of the molecule is CCCOCCCNC(=O)CCC(C)=O. The molecule has 15 heavy (non-hydrogen) atoms. The molecule has 0 saturated heterocycles. The Morgan fingerprint density at radius 2 is 1.93 bits per heavy atom. The van der Waals surface area contributed by atoms with Crippen LogP contribution in [0.15, 0.2) is 0 Å². The third-order valence-electron chi connectivity index (χ3n) is 1.84. The summed E-state index contributed by atoms with van der Waals surface area (Å²) in [5, 5.41) is 2.74. The van der Waals surface area contributed by atoms with Crippen LogP contribution in [0.2, 0.25) is 0 Å². The van der Waals surface area contributed by atoms with Crippen LogP contribution in [0.25, 0.3) is 0 Å². The number of nitrogens with one attached hydrogen (secondary N) is 1. The van der Waals surface area contributed by atoms with E-state index >= 15 is 0 Å². The largest absolute Gasteiger partial charge is 0.381 e. The Morgan fingerprint density at radius 3 is 2.53 bits per heavy atom. The van der Waals surface area contributed by atoms with Gasteiger partial charge < -0.3 is 14.8 Å². The molecular formula is C11H21NO3. The van der Waals surface area contributed by atoms with Crippen LogP contribution in [0.1, 0.15) is 39.5 Å². The summed E-state index contributed by atoms with van der Waals surface area (Å²) >= 11 is 0. The minimum Gasteiger partial charge on any atom is -0.381 e. The third-order valence-corrected chi connectivity index (χ3v) is 1.84. The Kier molecular flexibility index (Phi) is 9.07. The minimum atomic E-state index is -0.0549. The molecule has 1 amide bonds. The van der Waals surface area contributed by atoms with Crippen LogP contribution in [0.5, 0.6) is 0 Å². The van der Waals surface area contributed by atoms with Crippen LogP contribution >= 0.6 is 0 Å². The van der Waals surface area contributed by atoms with E-state index in [0.717, 1.165) is 19.4 Å². The fraction of sp³-hybridized carbons (Fsp3) is 0.818. The summed E-state index contributed by atoms with van der Waals surface area (Å²) in [4.78, 5) is 21.7. The van der Waals surface area contributed by atoms with Gasteiger partial charge in [0.05, 0.1) is 0 Å². The number of hydrogen-bond acceptors (Lipinski definition) is 3. The maximum Gasteiger partial charge on any atom is 0.220 e. The maximum absolute atomic E-state index is 11.1.